The molecule has 2 heterocycles. The smallest absolute Gasteiger partial charge is 0.238 e. The van der Waals surface area contributed by atoms with Gasteiger partial charge in [0.1, 0.15) is 12.4 Å². The van der Waals surface area contributed by atoms with Gasteiger partial charge in [-0.15, -0.1) is 5.10 Å². The Morgan fingerprint density at radius 3 is 2.75 bits per heavy atom. The van der Waals surface area contributed by atoms with Gasteiger partial charge in [0.2, 0.25) is 12.3 Å². The Hall–Kier alpha value is -2.38. The number of piperazine rings is 1. The fourth-order valence-corrected chi connectivity index (χ4v) is 2.80. The monoisotopic (exact) mass is 329 g/mol. The van der Waals surface area contributed by atoms with Crippen LogP contribution in [-0.2, 0) is 4.79 Å². The summed E-state index contributed by atoms with van der Waals surface area (Å²) >= 11 is 0. The van der Waals surface area contributed by atoms with Gasteiger partial charge in [-0.25, -0.2) is 4.68 Å². The lowest BCUT2D eigenvalue weighted by atomic mass is 10.3. The highest BCUT2D eigenvalue weighted by Crippen LogP contribution is 2.27. The first-order valence-corrected chi connectivity index (χ1v) is 8.20. The molecule has 0 saturated carbocycles. The molecule has 0 radical (unpaired) electrons. The quantitative estimate of drug-likeness (QED) is 0.743. The molecule has 24 heavy (non-hydrogen) atoms. The molecule has 0 atom stereocenters. The molecule has 0 unspecified atom stereocenters. The van der Waals surface area contributed by atoms with Crippen LogP contribution in [0.1, 0.15) is 5.56 Å². The van der Waals surface area contributed by atoms with Gasteiger partial charge in [0.15, 0.2) is 0 Å². The molecular weight excluding hydrogens is 306 g/mol. The number of ether oxygens (including phenoxy) is 1. The fourth-order valence-electron chi connectivity index (χ4n) is 2.80. The zero-order valence-corrected chi connectivity index (χ0v) is 13.9. The zero-order valence-electron chi connectivity index (χ0n) is 13.9. The maximum Gasteiger partial charge on any atom is 0.238 e. The maximum atomic E-state index is 10.9. The van der Waals surface area contributed by atoms with Crippen LogP contribution in [0, 0.1) is 6.92 Å². The molecule has 2 N–H and O–H groups in total. The van der Waals surface area contributed by atoms with Gasteiger partial charge in [-0.2, -0.15) is 0 Å². The van der Waals surface area contributed by atoms with Gasteiger partial charge in [-0.1, -0.05) is 18.2 Å². The minimum Gasteiger partial charge on any atom is -0.475 e. The molecule has 1 fully saturated rings. The summed E-state index contributed by atoms with van der Waals surface area (Å²) in [6, 6.07) is 9.68. The SMILES string of the molecule is Cc1c(OCCN2CCNCC2)nn(-c2ccccc2)c1NC=O. The van der Waals surface area contributed by atoms with Crippen molar-refractivity contribution < 1.29 is 9.53 Å². The van der Waals surface area contributed by atoms with Crippen LogP contribution in [0.3, 0.4) is 0 Å². The summed E-state index contributed by atoms with van der Waals surface area (Å²) in [6.07, 6.45) is 0.661. The van der Waals surface area contributed by atoms with Crippen LogP contribution >= 0.6 is 0 Å². The van der Waals surface area contributed by atoms with Crippen molar-refractivity contribution in [3.63, 3.8) is 0 Å². The second kappa shape index (κ2) is 7.94. The molecule has 1 aromatic carbocycles. The second-order valence-corrected chi connectivity index (χ2v) is 5.73. The molecular formula is C17H23N5O2. The Kier molecular flexibility index (Phi) is 5.45. The third-order valence-electron chi connectivity index (χ3n) is 4.13. The average molecular weight is 329 g/mol. The number of hydrogen-bond donors (Lipinski definition) is 2. The van der Waals surface area contributed by atoms with Gasteiger partial charge in [-0.3, -0.25) is 9.69 Å². The molecule has 7 heteroatoms. The maximum absolute atomic E-state index is 10.9. The van der Waals surface area contributed by atoms with Crippen LogP contribution in [0.25, 0.3) is 5.69 Å². The van der Waals surface area contributed by atoms with E-state index in [1.165, 1.54) is 0 Å². The van der Waals surface area contributed by atoms with Crippen molar-refractivity contribution in [3.05, 3.63) is 35.9 Å². The topological polar surface area (TPSA) is 71.4 Å². The Balaban J connectivity index is 1.72. The van der Waals surface area contributed by atoms with Crippen molar-refractivity contribution in [1.29, 1.82) is 0 Å². The second-order valence-electron chi connectivity index (χ2n) is 5.73. The average Bonchev–Trinajstić information content (AvgIpc) is 2.94. The van der Waals surface area contributed by atoms with E-state index in [1.54, 1.807) is 4.68 Å². The molecule has 0 aliphatic carbocycles. The first kappa shape index (κ1) is 16.5. The summed E-state index contributed by atoms with van der Waals surface area (Å²) in [5.41, 5.74) is 1.70. The summed E-state index contributed by atoms with van der Waals surface area (Å²) in [5.74, 6) is 1.19. The molecule has 7 nitrogen and oxygen atoms in total. The van der Waals surface area contributed by atoms with Gasteiger partial charge in [-0.05, 0) is 19.1 Å². The summed E-state index contributed by atoms with van der Waals surface area (Å²) < 4.78 is 7.58. The van der Waals surface area contributed by atoms with Crippen LogP contribution in [0.2, 0.25) is 0 Å². The molecule has 128 valence electrons. The van der Waals surface area contributed by atoms with Gasteiger partial charge in [0.25, 0.3) is 0 Å². The Morgan fingerprint density at radius 1 is 1.29 bits per heavy atom. The van der Waals surface area contributed by atoms with E-state index in [2.05, 4.69) is 20.6 Å². The van der Waals surface area contributed by atoms with E-state index in [9.17, 15) is 4.79 Å². The van der Waals surface area contributed by atoms with E-state index >= 15 is 0 Å². The molecule has 1 amide bonds. The highest BCUT2D eigenvalue weighted by molar-refractivity contribution is 5.73. The molecule has 3 rings (SSSR count). The number of anilines is 1. The number of carbonyl (C=O) groups is 1. The van der Waals surface area contributed by atoms with Crippen molar-refractivity contribution in [2.75, 3.05) is 44.6 Å². The van der Waals surface area contributed by atoms with Gasteiger partial charge < -0.3 is 15.4 Å². The highest BCUT2D eigenvalue weighted by atomic mass is 16.5. The molecule has 1 aliphatic heterocycles. The number of benzene rings is 1. The lowest BCUT2D eigenvalue weighted by Crippen LogP contribution is -2.44. The third-order valence-corrected chi connectivity index (χ3v) is 4.13. The minimum absolute atomic E-state index is 0.554. The van der Waals surface area contributed by atoms with Crippen molar-refractivity contribution in [3.8, 4) is 11.6 Å². The largest absolute Gasteiger partial charge is 0.475 e. The van der Waals surface area contributed by atoms with Crippen molar-refractivity contribution in [2.24, 2.45) is 0 Å². The third kappa shape index (κ3) is 3.74. The summed E-state index contributed by atoms with van der Waals surface area (Å²) in [7, 11) is 0. The minimum atomic E-state index is 0.554. The predicted molar refractivity (Wildman–Crippen MR) is 92.8 cm³/mol. The van der Waals surface area contributed by atoms with Crippen LogP contribution in [0.15, 0.2) is 30.3 Å². The normalized spacial score (nSPS) is 15.2. The number of aromatic nitrogens is 2. The Bertz CT molecular complexity index is 665. The van der Waals surface area contributed by atoms with E-state index in [4.69, 9.17) is 4.74 Å². The fraction of sp³-hybridized carbons (Fsp3) is 0.412. The van der Waals surface area contributed by atoms with Gasteiger partial charge in [0.05, 0.1) is 11.3 Å². The van der Waals surface area contributed by atoms with Gasteiger partial charge >= 0.3 is 0 Å². The summed E-state index contributed by atoms with van der Waals surface area (Å²) in [6.45, 7) is 7.48. The number of para-hydroxylation sites is 1. The number of amides is 1. The summed E-state index contributed by atoms with van der Waals surface area (Å²) in [4.78, 5) is 13.3. The Morgan fingerprint density at radius 2 is 2.04 bits per heavy atom. The first-order valence-electron chi connectivity index (χ1n) is 8.20. The number of rotatable bonds is 7. The molecule has 2 aromatic rings. The van der Waals surface area contributed by atoms with Crippen LogP contribution in [0.4, 0.5) is 5.82 Å². The lowest BCUT2D eigenvalue weighted by molar-refractivity contribution is -0.105. The Labute approximate surface area is 141 Å². The first-order chi connectivity index (χ1) is 11.8. The predicted octanol–water partition coefficient (Wildman–Crippen LogP) is 1.03. The lowest BCUT2D eigenvalue weighted by Gasteiger charge is -2.26. The molecule has 1 aliphatic rings. The number of hydrogen-bond acceptors (Lipinski definition) is 5. The van der Waals surface area contributed by atoms with E-state index in [1.807, 2.05) is 37.3 Å². The molecule has 1 aromatic heterocycles. The van der Waals surface area contributed by atoms with Crippen LogP contribution in [-0.4, -0.2) is 60.4 Å². The molecule has 0 spiro atoms. The highest BCUT2D eigenvalue weighted by Gasteiger charge is 2.17. The summed E-state index contributed by atoms with van der Waals surface area (Å²) in [5, 5.41) is 10.6. The standard InChI is InChI=1S/C17H23N5O2/c1-14-16(19-13-23)22(15-5-3-2-4-6-15)20-17(14)24-12-11-21-9-7-18-8-10-21/h2-6,13,18H,7-12H2,1H3,(H,19,23). The van der Waals surface area contributed by atoms with Crippen molar-refractivity contribution in [2.45, 2.75) is 6.92 Å². The number of nitrogens with zero attached hydrogens (tertiary/aromatic N) is 3. The van der Waals surface area contributed by atoms with E-state index < -0.39 is 0 Å². The van der Waals surface area contributed by atoms with E-state index in [0.717, 1.165) is 44.0 Å². The molecule has 0 bridgehead atoms. The van der Waals surface area contributed by atoms with Crippen LogP contribution in [0.5, 0.6) is 5.88 Å². The number of carbonyl (C=O) groups excluding carboxylic acids is 1. The zero-order chi connectivity index (χ0) is 16.8. The van der Waals surface area contributed by atoms with E-state index in [-0.39, 0.29) is 0 Å². The molecule has 1 saturated heterocycles. The van der Waals surface area contributed by atoms with Crippen molar-refractivity contribution in [1.82, 2.24) is 20.0 Å². The van der Waals surface area contributed by atoms with Crippen molar-refractivity contribution >= 4 is 12.2 Å². The van der Waals surface area contributed by atoms with Gasteiger partial charge in [0, 0.05) is 32.7 Å². The number of nitrogens with one attached hydrogen (secondary N) is 2. The van der Waals surface area contributed by atoms with E-state index in [0.29, 0.717) is 24.7 Å². The van der Waals surface area contributed by atoms with Crippen LogP contribution < -0.4 is 15.4 Å².